The molecule has 0 aliphatic rings. The zero-order valence-corrected chi connectivity index (χ0v) is 19.9. The van der Waals surface area contributed by atoms with Crippen LogP contribution in [-0.4, -0.2) is 33.9 Å². The van der Waals surface area contributed by atoms with E-state index in [1.807, 2.05) is 6.92 Å². The lowest BCUT2D eigenvalue weighted by molar-refractivity contribution is -0.114. The largest absolute Gasteiger partial charge is 0.465 e. The average Bonchev–Trinajstić information content (AvgIpc) is 2.79. The molecule has 0 fully saturated rings. The minimum atomic E-state index is -4.11. The molecule has 0 saturated heterocycles. The van der Waals surface area contributed by atoms with E-state index in [-0.39, 0.29) is 21.8 Å². The van der Waals surface area contributed by atoms with Crippen molar-refractivity contribution in [1.82, 2.24) is 0 Å². The van der Waals surface area contributed by atoms with Crippen LogP contribution in [0.4, 0.5) is 11.4 Å². The Labute approximate surface area is 198 Å². The standard InChI is InChI=1S/C24H23ClN2O5S/c1-16-11-13-18(14-12-16)33(30,31)27(22-10-6-8-20(25)17(22)2)15-23(28)26-21-9-5-4-7-19(21)24(29)32-3/h4-14H,15H2,1-3H3,(H,26,28). The van der Waals surface area contributed by atoms with E-state index in [1.165, 1.54) is 31.4 Å². The van der Waals surface area contributed by atoms with Gasteiger partial charge in [-0.3, -0.25) is 9.10 Å². The Morgan fingerprint density at radius 3 is 2.30 bits per heavy atom. The van der Waals surface area contributed by atoms with Crippen LogP contribution < -0.4 is 9.62 Å². The number of methoxy groups -OCH3 is 1. The minimum Gasteiger partial charge on any atom is -0.465 e. The number of para-hydroxylation sites is 1. The third kappa shape index (κ3) is 5.35. The van der Waals surface area contributed by atoms with E-state index in [4.69, 9.17) is 16.3 Å². The second-order valence-electron chi connectivity index (χ2n) is 7.29. The van der Waals surface area contributed by atoms with Crippen molar-refractivity contribution in [2.75, 3.05) is 23.3 Å². The lowest BCUT2D eigenvalue weighted by atomic mass is 10.1. The fraction of sp³-hybridized carbons (Fsp3) is 0.167. The molecule has 0 aliphatic heterocycles. The maximum atomic E-state index is 13.5. The van der Waals surface area contributed by atoms with E-state index in [0.717, 1.165) is 9.87 Å². The number of sulfonamides is 1. The van der Waals surface area contributed by atoms with Crippen LogP contribution in [-0.2, 0) is 19.6 Å². The monoisotopic (exact) mass is 486 g/mol. The number of anilines is 2. The number of ether oxygens (including phenoxy) is 1. The molecule has 0 bridgehead atoms. The maximum absolute atomic E-state index is 13.5. The van der Waals surface area contributed by atoms with Crippen LogP contribution in [0.1, 0.15) is 21.5 Å². The van der Waals surface area contributed by atoms with Crippen LogP contribution in [0.3, 0.4) is 0 Å². The van der Waals surface area contributed by atoms with Crippen molar-refractivity contribution in [2.45, 2.75) is 18.7 Å². The zero-order valence-electron chi connectivity index (χ0n) is 18.3. The number of benzene rings is 3. The van der Waals surface area contributed by atoms with Gasteiger partial charge < -0.3 is 10.1 Å². The van der Waals surface area contributed by atoms with Crippen LogP contribution in [0, 0.1) is 13.8 Å². The molecule has 0 unspecified atom stereocenters. The van der Waals surface area contributed by atoms with Crippen molar-refractivity contribution in [1.29, 1.82) is 0 Å². The molecule has 0 aliphatic carbocycles. The third-order valence-electron chi connectivity index (χ3n) is 5.01. The number of amides is 1. The molecule has 3 rings (SSSR count). The Hall–Kier alpha value is -3.36. The first-order valence-corrected chi connectivity index (χ1v) is 11.8. The smallest absolute Gasteiger partial charge is 0.339 e. The normalized spacial score (nSPS) is 11.0. The number of aryl methyl sites for hydroxylation is 1. The molecular formula is C24H23ClN2O5S. The number of rotatable bonds is 7. The van der Waals surface area contributed by atoms with Crippen molar-refractivity contribution >= 4 is 44.9 Å². The Morgan fingerprint density at radius 2 is 1.64 bits per heavy atom. The number of carbonyl (C=O) groups excluding carboxylic acids is 2. The fourth-order valence-corrected chi connectivity index (χ4v) is 4.85. The van der Waals surface area contributed by atoms with Crippen LogP contribution in [0.25, 0.3) is 0 Å². The Balaban J connectivity index is 2.01. The highest BCUT2D eigenvalue weighted by Crippen LogP contribution is 2.31. The lowest BCUT2D eigenvalue weighted by Crippen LogP contribution is -2.38. The predicted molar refractivity (Wildman–Crippen MR) is 128 cm³/mol. The molecule has 9 heteroatoms. The molecule has 1 amide bonds. The summed E-state index contributed by atoms with van der Waals surface area (Å²) >= 11 is 6.24. The van der Waals surface area contributed by atoms with Crippen molar-refractivity contribution in [2.24, 2.45) is 0 Å². The molecule has 7 nitrogen and oxygen atoms in total. The molecule has 172 valence electrons. The predicted octanol–water partition coefficient (Wildman–Crippen LogP) is 4.58. The first-order valence-electron chi connectivity index (χ1n) is 9.97. The first-order chi connectivity index (χ1) is 15.6. The zero-order chi connectivity index (χ0) is 24.2. The Kier molecular flexibility index (Phi) is 7.40. The number of hydrogen-bond donors (Lipinski definition) is 1. The van der Waals surface area contributed by atoms with Gasteiger partial charge in [-0.15, -0.1) is 0 Å². The van der Waals surface area contributed by atoms with Gasteiger partial charge in [-0.1, -0.05) is 47.5 Å². The number of hydrogen-bond acceptors (Lipinski definition) is 5. The second kappa shape index (κ2) is 10.1. The minimum absolute atomic E-state index is 0.0373. The van der Waals surface area contributed by atoms with Crippen molar-refractivity contribution in [3.8, 4) is 0 Å². The van der Waals surface area contributed by atoms with E-state index in [1.54, 1.807) is 49.4 Å². The summed E-state index contributed by atoms with van der Waals surface area (Å²) in [5, 5.41) is 2.98. The van der Waals surface area contributed by atoms with Gasteiger partial charge in [0.15, 0.2) is 0 Å². The van der Waals surface area contributed by atoms with Gasteiger partial charge in [-0.25, -0.2) is 13.2 Å². The summed E-state index contributed by atoms with van der Waals surface area (Å²) in [6, 6.07) is 17.5. The van der Waals surface area contributed by atoms with Gasteiger partial charge in [0.2, 0.25) is 5.91 Å². The van der Waals surface area contributed by atoms with E-state index >= 15 is 0 Å². The summed E-state index contributed by atoms with van der Waals surface area (Å²) in [5.41, 5.74) is 2.05. The van der Waals surface area contributed by atoms with Gasteiger partial charge in [0.1, 0.15) is 6.54 Å². The number of carbonyl (C=O) groups is 2. The quantitative estimate of drug-likeness (QED) is 0.493. The van der Waals surface area contributed by atoms with Crippen molar-refractivity contribution in [3.05, 3.63) is 88.4 Å². The summed E-state index contributed by atoms with van der Waals surface area (Å²) in [4.78, 5) is 25.0. The first kappa shape index (κ1) is 24.3. The third-order valence-corrected chi connectivity index (χ3v) is 7.19. The number of nitrogens with one attached hydrogen (secondary N) is 1. The number of nitrogens with zero attached hydrogens (tertiary/aromatic N) is 1. The Bertz CT molecular complexity index is 1290. The van der Waals surface area contributed by atoms with Gasteiger partial charge in [-0.2, -0.15) is 0 Å². The van der Waals surface area contributed by atoms with Gasteiger partial charge in [0.05, 0.1) is 28.9 Å². The van der Waals surface area contributed by atoms with E-state index in [9.17, 15) is 18.0 Å². The fourth-order valence-electron chi connectivity index (χ4n) is 3.20. The van der Waals surface area contributed by atoms with Gasteiger partial charge in [-0.05, 0) is 55.8 Å². The molecule has 0 spiro atoms. The maximum Gasteiger partial charge on any atom is 0.339 e. The summed E-state index contributed by atoms with van der Waals surface area (Å²) < 4.78 is 32.8. The van der Waals surface area contributed by atoms with Gasteiger partial charge in [0.25, 0.3) is 10.0 Å². The summed E-state index contributed by atoms with van der Waals surface area (Å²) in [7, 11) is -2.87. The number of esters is 1. The van der Waals surface area contributed by atoms with Crippen LogP contribution in [0.5, 0.6) is 0 Å². The summed E-state index contributed by atoms with van der Waals surface area (Å²) in [5.74, 6) is -1.26. The molecule has 0 heterocycles. The highest BCUT2D eigenvalue weighted by atomic mass is 35.5. The van der Waals surface area contributed by atoms with Crippen LogP contribution in [0.15, 0.2) is 71.6 Å². The second-order valence-corrected chi connectivity index (χ2v) is 9.56. The van der Waals surface area contributed by atoms with Gasteiger partial charge in [0, 0.05) is 5.02 Å². The molecule has 0 atom stereocenters. The molecule has 0 aromatic heterocycles. The van der Waals surface area contributed by atoms with Crippen molar-refractivity contribution < 1.29 is 22.7 Å². The van der Waals surface area contributed by atoms with E-state index in [2.05, 4.69) is 5.32 Å². The summed E-state index contributed by atoms with van der Waals surface area (Å²) in [6.07, 6.45) is 0. The molecule has 3 aromatic carbocycles. The summed E-state index contributed by atoms with van der Waals surface area (Å²) in [6.45, 7) is 2.99. The van der Waals surface area contributed by atoms with Crippen molar-refractivity contribution in [3.63, 3.8) is 0 Å². The van der Waals surface area contributed by atoms with Crippen LogP contribution >= 0.6 is 11.6 Å². The average molecular weight is 487 g/mol. The SMILES string of the molecule is COC(=O)c1ccccc1NC(=O)CN(c1cccc(Cl)c1C)S(=O)(=O)c1ccc(C)cc1. The molecule has 0 radical (unpaired) electrons. The van der Waals surface area contributed by atoms with E-state index in [0.29, 0.717) is 10.6 Å². The topological polar surface area (TPSA) is 92.8 Å². The van der Waals surface area contributed by atoms with Crippen LogP contribution in [0.2, 0.25) is 5.02 Å². The van der Waals surface area contributed by atoms with Gasteiger partial charge >= 0.3 is 5.97 Å². The van der Waals surface area contributed by atoms with E-state index < -0.39 is 28.4 Å². The molecule has 1 N–H and O–H groups in total. The molecular weight excluding hydrogens is 464 g/mol. The highest BCUT2D eigenvalue weighted by Gasteiger charge is 2.29. The highest BCUT2D eigenvalue weighted by molar-refractivity contribution is 7.92. The number of halogens is 1. The lowest BCUT2D eigenvalue weighted by Gasteiger charge is -2.26. The molecule has 3 aromatic rings. The Morgan fingerprint density at radius 1 is 0.970 bits per heavy atom. The molecule has 33 heavy (non-hydrogen) atoms. The molecule has 0 saturated carbocycles.